The number of nitrogens with one attached hydrogen (secondary N) is 1. The second-order valence-corrected chi connectivity index (χ2v) is 6.06. The zero-order valence-corrected chi connectivity index (χ0v) is 12.2. The van der Waals surface area contributed by atoms with Gasteiger partial charge in [-0.2, -0.15) is 0 Å². The third-order valence-electron chi connectivity index (χ3n) is 4.92. The number of carbonyl (C=O) groups excluding carboxylic acids is 1. The molecule has 0 spiro atoms. The van der Waals surface area contributed by atoms with Gasteiger partial charge < -0.3 is 14.8 Å². The van der Waals surface area contributed by atoms with Gasteiger partial charge in [0, 0.05) is 37.8 Å². The van der Waals surface area contributed by atoms with Crippen molar-refractivity contribution in [1.82, 2.24) is 10.2 Å². The minimum atomic E-state index is -0.202. The molecule has 21 heavy (non-hydrogen) atoms. The summed E-state index contributed by atoms with van der Waals surface area (Å²) in [5.74, 6) is -0.202. The lowest BCUT2D eigenvalue weighted by atomic mass is 9.94. The number of carbonyl (C=O) groups is 1. The predicted molar refractivity (Wildman–Crippen MR) is 77.2 cm³/mol. The van der Waals surface area contributed by atoms with Gasteiger partial charge in [0.15, 0.2) is 0 Å². The number of hydrogen-bond acceptors (Lipinski definition) is 5. The largest absolute Gasteiger partial charge is 0.457 e. The molecule has 112 valence electrons. The fourth-order valence-corrected chi connectivity index (χ4v) is 3.61. The Balaban J connectivity index is 1.61. The molecule has 5 heteroatoms. The molecule has 1 N–H and O–H groups in total. The van der Waals surface area contributed by atoms with Gasteiger partial charge in [-0.3, -0.25) is 4.90 Å². The van der Waals surface area contributed by atoms with Crippen LogP contribution in [0.4, 0.5) is 0 Å². The fourth-order valence-electron chi connectivity index (χ4n) is 3.61. The summed E-state index contributed by atoms with van der Waals surface area (Å²) in [6.07, 6.45) is 0.0975. The number of esters is 1. The van der Waals surface area contributed by atoms with E-state index in [1.165, 1.54) is 5.56 Å². The van der Waals surface area contributed by atoms with E-state index in [9.17, 15) is 4.79 Å². The van der Waals surface area contributed by atoms with Crippen LogP contribution in [0.3, 0.4) is 0 Å². The molecule has 3 aliphatic heterocycles. The Morgan fingerprint density at radius 1 is 1.38 bits per heavy atom. The zero-order chi connectivity index (χ0) is 14.4. The van der Waals surface area contributed by atoms with Gasteiger partial charge in [-0.15, -0.1) is 0 Å². The van der Waals surface area contributed by atoms with E-state index in [4.69, 9.17) is 9.47 Å². The molecule has 5 nitrogen and oxygen atoms in total. The van der Waals surface area contributed by atoms with Crippen molar-refractivity contribution in [1.29, 1.82) is 0 Å². The molecule has 0 radical (unpaired) electrons. The van der Waals surface area contributed by atoms with Crippen LogP contribution in [-0.2, 0) is 16.1 Å². The Morgan fingerprint density at radius 3 is 3.19 bits per heavy atom. The normalized spacial score (nSPS) is 28.9. The Hall–Kier alpha value is -1.43. The second kappa shape index (κ2) is 5.09. The van der Waals surface area contributed by atoms with E-state index >= 15 is 0 Å². The maximum Gasteiger partial charge on any atom is 0.338 e. The van der Waals surface area contributed by atoms with Crippen molar-refractivity contribution in [3.63, 3.8) is 0 Å². The van der Waals surface area contributed by atoms with E-state index in [1.54, 1.807) is 0 Å². The van der Waals surface area contributed by atoms with E-state index in [-0.39, 0.29) is 12.1 Å². The molecular weight excluding hydrogens is 268 g/mol. The number of piperazine rings is 1. The monoisotopic (exact) mass is 288 g/mol. The van der Waals surface area contributed by atoms with Crippen molar-refractivity contribution in [2.75, 3.05) is 32.8 Å². The quantitative estimate of drug-likeness (QED) is 0.782. The molecule has 1 aromatic rings. The van der Waals surface area contributed by atoms with Gasteiger partial charge in [0.1, 0.15) is 6.61 Å². The van der Waals surface area contributed by atoms with Gasteiger partial charge in [0.05, 0.1) is 18.3 Å². The number of morpholine rings is 1. The van der Waals surface area contributed by atoms with Gasteiger partial charge in [-0.25, -0.2) is 4.79 Å². The fraction of sp³-hybridized carbons (Fsp3) is 0.562. The Morgan fingerprint density at radius 2 is 2.29 bits per heavy atom. The predicted octanol–water partition coefficient (Wildman–Crippen LogP) is 1.01. The second-order valence-electron chi connectivity index (χ2n) is 6.06. The van der Waals surface area contributed by atoms with Gasteiger partial charge in [0.25, 0.3) is 0 Å². The first-order valence-electron chi connectivity index (χ1n) is 7.60. The van der Waals surface area contributed by atoms with Crippen molar-refractivity contribution >= 4 is 5.97 Å². The highest BCUT2D eigenvalue weighted by atomic mass is 16.5. The smallest absolute Gasteiger partial charge is 0.338 e. The molecular formula is C16H20N2O3. The van der Waals surface area contributed by atoms with Crippen LogP contribution in [0.2, 0.25) is 0 Å². The van der Waals surface area contributed by atoms with E-state index in [1.807, 2.05) is 12.1 Å². The first-order valence-corrected chi connectivity index (χ1v) is 7.60. The minimum Gasteiger partial charge on any atom is -0.457 e. The molecule has 4 rings (SSSR count). The number of cyclic esters (lactones) is 1. The summed E-state index contributed by atoms with van der Waals surface area (Å²) < 4.78 is 11.2. The number of nitrogens with zero attached hydrogens (tertiary/aromatic N) is 1. The maximum atomic E-state index is 11.6. The Kier molecular flexibility index (Phi) is 3.21. The summed E-state index contributed by atoms with van der Waals surface area (Å²) in [5, 5.41) is 3.41. The SMILES string of the molecule is Cc1c(C2CN3CCNCC3CO2)ccc2c1COC2=O. The first kappa shape index (κ1) is 13.2. The zero-order valence-electron chi connectivity index (χ0n) is 12.2. The molecule has 3 heterocycles. The Bertz CT molecular complexity index is 587. The van der Waals surface area contributed by atoms with E-state index in [0.29, 0.717) is 18.2 Å². The topological polar surface area (TPSA) is 50.8 Å². The third-order valence-corrected chi connectivity index (χ3v) is 4.92. The lowest BCUT2D eigenvalue weighted by molar-refractivity contribution is -0.0720. The summed E-state index contributed by atoms with van der Waals surface area (Å²) in [5.41, 5.74) is 4.09. The number of rotatable bonds is 1. The van der Waals surface area contributed by atoms with Crippen LogP contribution in [0.25, 0.3) is 0 Å². The van der Waals surface area contributed by atoms with Gasteiger partial charge in [-0.1, -0.05) is 6.07 Å². The molecule has 2 saturated heterocycles. The van der Waals surface area contributed by atoms with E-state index in [0.717, 1.165) is 43.9 Å². The molecule has 2 atom stereocenters. The average Bonchev–Trinajstić information content (AvgIpc) is 2.90. The molecule has 0 aromatic heterocycles. The van der Waals surface area contributed by atoms with Crippen LogP contribution >= 0.6 is 0 Å². The van der Waals surface area contributed by atoms with Crippen LogP contribution in [0.5, 0.6) is 0 Å². The summed E-state index contributed by atoms with van der Waals surface area (Å²) in [6.45, 7) is 7.31. The lowest BCUT2D eigenvalue weighted by Crippen LogP contribution is -2.57. The molecule has 0 aliphatic carbocycles. The summed E-state index contributed by atoms with van der Waals surface area (Å²) >= 11 is 0. The van der Waals surface area contributed by atoms with Crippen molar-refractivity contribution in [3.8, 4) is 0 Å². The van der Waals surface area contributed by atoms with Crippen LogP contribution in [0, 0.1) is 6.92 Å². The highest BCUT2D eigenvalue weighted by molar-refractivity contribution is 5.93. The first-order chi connectivity index (χ1) is 10.2. The van der Waals surface area contributed by atoms with Gasteiger partial charge in [0.2, 0.25) is 0 Å². The van der Waals surface area contributed by atoms with Crippen LogP contribution < -0.4 is 5.32 Å². The maximum absolute atomic E-state index is 11.6. The van der Waals surface area contributed by atoms with E-state index in [2.05, 4.69) is 17.1 Å². The highest BCUT2D eigenvalue weighted by Gasteiger charge is 2.33. The molecule has 0 amide bonds. The number of benzene rings is 1. The van der Waals surface area contributed by atoms with Gasteiger partial charge >= 0.3 is 5.97 Å². The molecule has 1 aromatic carbocycles. The molecule has 2 unspecified atom stereocenters. The third kappa shape index (κ3) is 2.16. The average molecular weight is 288 g/mol. The van der Waals surface area contributed by atoms with Crippen molar-refractivity contribution in [2.45, 2.75) is 25.7 Å². The van der Waals surface area contributed by atoms with Gasteiger partial charge in [-0.05, 0) is 24.1 Å². The van der Waals surface area contributed by atoms with Crippen LogP contribution in [0.15, 0.2) is 12.1 Å². The number of fused-ring (bicyclic) bond motifs is 2. The van der Waals surface area contributed by atoms with Crippen molar-refractivity contribution in [3.05, 3.63) is 34.4 Å². The van der Waals surface area contributed by atoms with Crippen molar-refractivity contribution in [2.24, 2.45) is 0 Å². The summed E-state index contributed by atoms with van der Waals surface area (Å²) in [7, 11) is 0. The molecule has 2 fully saturated rings. The van der Waals surface area contributed by atoms with Crippen LogP contribution in [0.1, 0.15) is 33.2 Å². The highest BCUT2D eigenvalue weighted by Crippen LogP contribution is 2.33. The lowest BCUT2D eigenvalue weighted by Gasteiger charge is -2.43. The minimum absolute atomic E-state index is 0.0975. The summed E-state index contributed by atoms with van der Waals surface area (Å²) in [6, 6.07) is 4.42. The Labute approximate surface area is 124 Å². The molecule has 0 bridgehead atoms. The number of ether oxygens (including phenoxy) is 2. The molecule has 3 aliphatic rings. The van der Waals surface area contributed by atoms with E-state index < -0.39 is 0 Å². The number of hydrogen-bond donors (Lipinski definition) is 1. The van der Waals surface area contributed by atoms with Crippen LogP contribution in [-0.4, -0.2) is 49.7 Å². The molecule has 0 saturated carbocycles. The van der Waals surface area contributed by atoms with Crippen molar-refractivity contribution < 1.29 is 14.3 Å². The summed E-state index contributed by atoms with van der Waals surface area (Å²) in [4.78, 5) is 14.1. The standard InChI is InChI=1S/C16H20N2O3/c1-10-12(2-3-13-14(10)9-21-16(13)19)15-7-18-5-4-17-6-11(18)8-20-15/h2-3,11,15,17H,4-9H2,1H3.